The predicted octanol–water partition coefficient (Wildman–Crippen LogP) is 3.29. The predicted molar refractivity (Wildman–Crippen MR) is 97.2 cm³/mol. The summed E-state index contributed by atoms with van der Waals surface area (Å²) in [6, 6.07) is 9.17. The highest BCUT2D eigenvalue weighted by atomic mass is 28.2. The number of nitro groups is 1. The third-order valence-corrected chi connectivity index (χ3v) is 4.79. The maximum absolute atomic E-state index is 12.0. The van der Waals surface area contributed by atoms with E-state index in [9.17, 15) is 10.1 Å². The second kappa shape index (κ2) is 7.75. The van der Waals surface area contributed by atoms with Gasteiger partial charge in [-0.2, -0.15) is 0 Å². The number of hydrogen-bond donors (Lipinski definition) is 0. The number of benzene rings is 2. The molecule has 0 aromatic heterocycles. The van der Waals surface area contributed by atoms with Crippen molar-refractivity contribution in [2.75, 3.05) is 21.3 Å². The topological polar surface area (TPSA) is 80.1 Å². The van der Waals surface area contributed by atoms with Gasteiger partial charge < -0.3 is 18.6 Å². The standard InChI is InChI=1S/C18H20NO6Si/c1-11-13(18(2,25-26)12-9-7-6-8-10-12)14(19(20)21)16(23-4)17(24-5)15(11)22-3/h6-10H,1-5H3. The van der Waals surface area contributed by atoms with E-state index in [1.54, 1.807) is 13.8 Å². The molecule has 0 spiro atoms. The summed E-state index contributed by atoms with van der Waals surface area (Å²) in [5, 5.41) is 12.0. The fourth-order valence-corrected chi connectivity index (χ4v) is 3.39. The smallest absolute Gasteiger partial charge is 0.321 e. The lowest BCUT2D eigenvalue weighted by Gasteiger charge is -2.32. The van der Waals surface area contributed by atoms with Gasteiger partial charge in [0.25, 0.3) is 0 Å². The Hall–Kier alpha value is -2.58. The molecule has 0 amide bonds. The van der Waals surface area contributed by atoms with E-state index in [1.165, 1.54) is 21.3 Å². The molecule has 0 heterocycles. The zero-order chi connectivity index (χ0) is 19.5. The van der Waals surface area contributed by atoms with Crippen LogP contribution >= 0.6 is 0 Å². The highest BCUT2D eigenvalue weighted by Crippen LogP contribution is 2.53. The van der Waals surface area contributed by atoms with E-state index in [1.807, 2.05) is 30.3 Å². The zero-order valence-corrected chi connectivity index (χ0v) is 16.3. The Bertz CT molecular complexity index is 811. The molecule has 2 aromatic carbocycles. The zero-order valence-electron chi connectivity index (χ0n) is 15.3. The summed E-state index contributed by atoms with van der Waals surface area (Å²) in [7, 11) is 7.33. The Balaban J connectivity index is 3.01. The maximum atomic E-state index is 12.0. The fourth-order valence-electron chi connectivity index (χ4n) is 3.17. The minimum absolute atomic E-state index is 0.0270. The van der Waals surface area contributed by atoms with Crippen molar-refractivity contribution in [2.24, 2.45) is 0 Å². The van der Waals surface area contributed by atoms with Gasteiger partial charge in [0.05, 0.1) is 31.8 Å². The molecular weight excluding hydrogens is 354 g/mol. The number of nitrogens with zero attached hydrogens (tertiary/aromatic N) is 1. The van der Waals surface area contributed by atoms with E-state index in [4.69, 9.17) is 18.6 Å². The molecule has 1 atom stereocenters. The molecule has 0 N–H and O–H groups in total. The van der Waals surface area contributed by atoms with E-state index in [-0.39, 0.29) is 17.2 Å². The number of rotatable bonds is 7. The summed E-state index contributed by atoms with van der Waals surface area (Å²) in [5.74, 6) is 0.476. The summed E-state index contributed by atoms with van der Waals surface area (Å²) in [5.41, 5.74) is 0.111. The van der Waals surface area contributed by atoms with Crippen molar-refractivity contribution in [3.05, 3.63) is 57.1 Å². The Morgan fingerprint density at radius 2 is 1.54 bits per heavy atom. The van der Waals surface area contributed by atoms with Crippen LogP contribution < -0.4 is 14.2 Å². The molecule has 2 aromatic rings. The van der Waals surface area contributed by atoms with E-state index in [2.05, 4.69) is 10.5 Å². The number of hydrogen-bond acceptors (Lipinski definition) is 6. The van der Waals surface area contributed by atoms with Crippen LogP contribution in [0.1, 0.15) is 23.6 Å². The summed E-state index contributed by atoms with van der Waals surface area (Å²) < 4.78 is 21.7. The first-order valence-electron chi connectivity index (χ1n) is 7.74. The van der Waals surface area contributed by atoms with Crippen LogP contribution in [0.15, 0.2) is 30.3 Å². The average Bonchev–Trinajstić information content (AvgIpc) is 2.66. The minimum atomic E-state index is -1.18. The molecule has 1 unspecified atom stereocenters. The van der Waals surface area contributed by atoms with Gasteiger partial charge in [-0.05, 0) is 19.4 Å². The van der Waals surface area contributed by atoms with Crippen molar-refractivity contribution in [3.63, 3.8) is 0 Å². The van der Waals surface area contributed by atoms with Crippen LogP contribution in [0.4, 0.5) is 5.69 Å². The van der Waals surface area contributed by atoms with Crippen LogP contribution in [-0.2, 0) is 10.0 Å². The first-order chi connectivity index (χ1) is 12.4. The first kappa shape index (κ1) is 19.7. The quantitative estimate of drug-likeness (QED) is 0.420. The molecule has 8 heteroatoms. The summed E-state index contributed by atoms with van der Waals surface area (Å²) in [6.07, 6.45) is 0. The fraction of sp³-hybridized carbons (Fsp3) is 0.333. The lowest BCUT2D eigenvalue weighted by Crippen LogP contribution is -2.29. The van der Waals surface area contributed by atoms with Crippen molar-refractivity contribution >= 4 is 16.2 Å². The van der Waals surface area contributed by atoms with Crippen molar-refractivity contribution in [1.82, 2.24) is 0 Å². The van der Waals surface area contributed by atoms with Crippen LogP contribution in [0.2, 0.25) is 0 Å². The number of methoxy groups -OCH3 is 3. The molecule has 0 saturated carbocycles. The van der Waals surface area contributed by atoms with Crippen LogP contribution in [0.25, 0.3) is 0 Å². The largest absolute Gasteiger partial charge is 0.492 e. The Kier molecular flexibility index (Phi) is 5.89. The molecule has 26 heavy (non-hydrogen) atoms. The number of ether oxygens (including phenoxy) is 3. The summed E-state index contributed by atoms with van der Waals surface area (Å²) in [6.45, 7) is 3.45. The van der Waals surface area contributed by atoms with Crippen LogP contribution in [-0.4, -0.2) is 36.7 Å². The molecule has 0 saturated heterocycles. The first-order valence-corrected chi connectivity index (χ1v) is 8.15. The second-order valence-corrected chi connectivity index (χ2v) is 5.91. The molecule has 0 aliphatic heterocycles. The van der Waals surface area contributed by atoms with Gasteiger partial charge in [0.1, 0.15) is 5.60 Å². The Labute approximate surface area is 155 Å². The highest BCUT2D eigenvalue weighted by Gasteiger charge is 2.42. The van der Waals surface area contributed by atoms with Gasteiger partial charge in [0, 0.05) is 5.56 Å². The molecule has 0 bridgehead atoms. The van der Waals surface area contributed by atoms with Crippen molar-refractivity contribution in [2.45, 2.75) is 19.4 Å². The molecule has 2 rings (SSSR count). The van der Waals surface area contributed by atoms with E-state index >= 15 is 0 Å². The van der Waals surface area contributed by atoms with Crippen LogP contribution in [0, 0.1) is 17.0 Å². The average molecular weight is 374 g/mol. The molecule has 0 aliphatic rings. The van der Waals surface area contributed by atoms with Crippen molar-refractivity contribution < 1.29 is 23.6 Å². The lowest BCUT2D eigenvalue weighted by molar-refractivity contribution is -0.387. The van der Waals surface area contributed by atoms with E-state index in [0.717, 1.165) is 5.56 Å². The second-order valence-electron chi connectivity index (χ2n) is 5.71. The molecular formula is C18H20NO6Si. The van der Waals surface area contributed by atoms with Gasteiger partial charge in [0.15, 0.2) is 5.75 Å². The normalized spacial score (nSPS) is 13.0. The van der Waals surface area contributed by atoms with Crippen molar-refractivity contribution in [3.8, 4) is 17.2 Å². The SMILES string of the molecule is COc1c(C)c(C(C)(O[Si])c2ccccc2)c([N+](=O)[O-])c(OC)c1OC. The Morgan fingerprint density at radius 1 is 1.00 bits per heavy atom. The summed E-state index contributed by atoms with van der Waals surface area (Å²) in [4.78, 5) is 11.5. The van der Waals surface area contributed by atoms with Gasteiger partial charge in [-0.15, -0.1) is 0 Å². The van der Waals surface area contributed by atoms with Crippen LogP contribution in [0.3, 0.4) is 0 Å². The van der Waals surface area contributed by atoms with Gasteiger partial charge in [0.2, 0.25) is 22.0 Å². The molecule has 7 nitrogen and oxygen atoms in total. The van der Waals surface area contributed by atoms with Gasteiger partial charge in [-0.3, -0.25) is 10.1 Å². The van der Waals surface area contributed by atoms with Gasteiger partial charge >= 0.3 is 5.69 Å². The molecule has 0 aliphatic carbocycles. The molecule has 3 radical (unpaired) electrons. The third kappa shape index (κ3) is 3.01. The number of nitro benzene ring substituents is 1. The monoisotopic (exact) mass is 374 g/mol. The molecule has 137 valence electrons. The third-order valence-electron chi connectivity index (χ3n) is 4.38. The maximum Gasteiger partial charge on any atom is 0.321 e. The molecule has 0 fully saturated rings. The van der Waals surface area contributed by atoms with E-state index < -0.39 is 10.5 Å². The highest BCUT2D eigenvalue weighted by molar-refractivity contribution is 5.98. The van der Waals surface area contributed by atoms with Gasteiger partial charge in [-0.25, -0.2) is 0 Å². The Morgan fingerprint density at radius 3 is 1.96 bits per heavy atom. The van der Waals surface area contributed by atoms with Gasteiger partial charge in [-0.1, -0.05) is 30.3 Å². The summed E-state index contributed by atoms with van der Waals surface area (Å²) >= 11 is 0. The van der Waals surface area contributed by atoms with Crippen LogP contribution in [0.5, 0.6) is 17.2 Å². The van der Waals surface area contributed by atoms with Crippen molar-refractivity contribution in [1.29, 1.82) is 0 Å². The lowest BCUT2D eigenvalue weighted by atomic mass is 9.83. The van der Waals surface area contributed by atoms with E-state index in [0.29, 0.717) is 16.9 Å². The minimum Gasteiger partial charge on any atom is -0.492 e.